The van der Waals surface area contributed by atoms with Gasteiger partial charge in [-0.25, -0.2) is 4.98 Å². The van der Waals surface area contributed by atoms with Gasteiger partial charge < -0.3 is 15.1 Å². The Labute approximate surface area is 158 Å². The number of nitrogens with one attached hydrogen (secondary N) is 1. The molecule has 0 aromatic carbocycles. The van der Waals surface area contributed by atoms with Crippen LogP contribution in [0, 0.1) is 5.92 Å². The minimum absolute atomic E-state index is 0.552. The molecule has 3 fully saturated rings. The fourth-order valence-corrected chi connectivity index (χ4v) is 4.90. The van der Waals surface area contributed by atoms with Gasteiger partial charge in [0.1, 0.15) is 5.82 Å². The van der Waals surface area contributed by atoms with Gasteiger partial charge in [0.15, 0.2) is 0 Å². The molecule has 1 N–H and O–H groups in total. The van der Waals surface area contributed by atoms with Crippen molar-refractivity contribution in [3.05, 3.63) is 12.3 Å². The molecule has 2 saturated heterocycles. The van der Waals surface area contributed by atoms with Crippen LogP contribution in [0.3, 0.4) is 0 Å². The zero-order valence-corrected chi connectivity index (χ0v) is 16.2. The largest absolute Gasteiger partial charge is 0.356 e. The third-order valence-corrected chi connectivity index (χ3v) is 6.47. The highest BCUT2D eigenvalue weighted by atomic mass is 15.3. The molecular weight excluding hydrogens is 322 g/mol. The highest BCUT2D eigenvalue weighted by molar-refractivity contribution is 5.44. The lowest BCUT2D eigenvalue weighted by molar-refractivity contribution is 0.349. The van der Waals surface area contributed by atoms with E-state index in [-0.39, 0.29) is 0 Å². The van der Waals surface area contributed by atoms with Gasteiger partial charge in [0.2, 0.25) is 5.95 Å². The van der Waals surface area contributed by atoms with E-state index in [9.17, 15) is 0 Å². The minimum Gasteiger partial charge on any atom is -0.356 e. The summed E-state index contributed by atoms with van der Waals surface area (Å²) in [5.74, 6) is 2.91. The number of aromatic nitrogens is 2. The first-order valence-electron chi connectivity index (χ1n) is 11.0. The quantitative estimate of drug-likeness (QED) is 0.872. The average molecular weight is 358 g/mol. The fourth-order valence-electron chi connectivity index (χ4n) is 4.90. The monoisotopic (exact) mass is 357 g/mol. The van der Waals surface area contributed by atoms with Crippen LogP contribution in [0.15, 0.2) is 12.3 Å². The Balaban J connectivity index is 1.52. The van der Waals surface area contributed by atoms with Crippen LogP contribution in [0.2, 0.25) is 0 Å². The number of nitrogens with zero attached hydrogens (tertiary/aromatic N) is 4. The topological polar surface area (TPSA) is 44.3 Å². The molecule has 0 bridgehead atoms. The SMILES string of the molecule is c1cc(N2CCCCCC2)nc(N(CC2CCCCC2)C2CCNC2)n1. The maximum Gasteiger partial charge on any atom is 0.227 e. The van der Waals surface area contributed by atoms with Gasteiger partial charge in [0, 0.05) is 38.4 Å². The molecule has 144 valence electrons. The first-order valence-corrected chi connectivity index (χ1v) is 11.0. The lowest BCUT2D eigenvalue weighted by Crippen LogP contribution is -2.42. The summed E-state index contributed by atoms with van der Waals surface area (Å²) in [6, 6.07) is 2.66. The summed E-state index contributed by atoms with van der Waals surface area (Å²) in [5.41, 5.74) is 0. The predicted molar refractivity (Wildman–Crippen MR) is 108 cm³/mol. The Kier molecular flexibility index (Phi) is 6.26. The number of hydrogen-bond donors (Lipinski definition) is 1. The van der Waals surface area contributed by atoms with Gasteiger partial charge >= 0.3 is 0 Å². The van der Waals surface area contributed by atoms with Gasteiger partial charge in [0.05, 0.1) is 0 Å². The van der Waals surface area contributed by atoms with Crippen molar-refractivity contribution in [1.82, 2.24) is 15.3 Å². The van der Waals surface area contributed by atoms with Crippen LogP contribution in [-0.2, 0) is 0 Å². The lowest BCUT2D eigenvalue weighted by atomic mass is 9.88. The Morgan fingerprint density at radius 1 is 1.00 bits per heavy atom. The molecule has 4 rings (SSSR count). The van der Waals surface area contributed by atoms with E-state index < -0.39 is 0 Å². The maximum atomic E-state index is 5.06. The average Bonchev–Trinajstić information content (AvgIpc) is 3.08. The molecule has 1 aromatic heterocycles. The zero-order valence-electron chi connectivity index (χ0n) is 16.2. The third-order valence-electron chi connectivity index (χ3n) is 6.47. The van der Waals surface area contributed by atoms with Crippen molar-refractivity contribution in [2.45, 2.75) is 70.3 Å². The minimum atomic E-state index is 0.552. The second-order valence-corrected chi connectivity index (χ2v) is 8.42. The van der Waals surface area contributed by atoms with Crippen LogP contribution in [-0.4, -0.2) is 48.7 Å². The molecule has 1 atom stereocenters. The fraction of sp³-hybridized carbons (Fsp3) is 0.810. The second-order valence-electron chi connectivity index (χ2n) is 8.42. The first-order chi connectivity index (χ1) is 12.9. The normalized spacial score (nSPS) is 25.2. The first kappa shape index (κ1) is 18.0. The van der Waals surface area contributed by atoms with Crippen LogP contribution in [0.4, 0.5) is 11.8 Å². The van der Waals surface area contributed by atoms with Crippen molar-refractivity contribution in [3.63, 3.8) is 0 Å². The van der Waals surface area contributed by atoms with Crippen LogP contribution >= 0.6 is 0 Å². The van der Waals surface area contributed by atoms with E-state index in [1.165, 1.54) is 64.2 Å². The van der Waals surface area contributed by atoms with E-state index in [2.05, 4.69) is 21.2 Å². The van der Waals surface area contributed by atoms with Gasteiger partial charge in [-0.1, -0.05) is 32.1 Å². The van der Waals surface area contributed by atoms with Gasteiger partial charge in [-0.3, -0.25) is 0 Å². The summed E-state index contributed by atoms with van der Waals surface area (Å²) < 4.78 is 0. The second kappa shape index (κ2) is 9.03. The van der Waals surface area contributed by atoms with Crippen molar-refractivity contribution in [2.24, 2.45) is 5.92 Å². The van der Waals surface area contributed by atoms with Gasteiger partial charge in [-0.05, 0) is 50.6 Å². The Bertz CT molecular complexity index is 543. The summed E-state index contributed by atoms with van der Waals surface area (Å²) in [4.78, 5) is 14.8. The van der Waals surface area contributed by atoms with Gasteiger partial charge in [0.25, 0.3) is 0 Å². The molecule has 26 heavy (non-hydrogen) atoms. The molecule has 1 unspecified atom stereocenters. The van der Waals surface area contributed by atoms with Crippen molar-refractivity contribution < 1.29 is 0 Å². The molecule has 3 heterocycles. The molecule has 2 aliphatic heterocycles. The van der Waals surface area contributed by atoms with Crippen molar-refractivity contribution >= 4 is 11.8 Å². The zero-order chi connectivity index (χ0) is 17.6. The van der Waals surface area contributed by atoms with E-state index in [0.717, 1.165) is 50.4 Å². The molecule has 0 amide bonds. The summed E-state index contributed by atoms with van der Waals surface area (Å²) in [6.07, 6.45) is 15.5. The molecular formula is C21H35N5. The molecule has 0 spiro atoms. The van der Waals surface area contributed by atoms with Gasteiger partial charge in [-0.15, -0.1) is 0 Å². The van der Waals surface area contributed by atoms with Crippen molar-refractivity contribution in [1.29, 1.82) is 0 Å². The molecule has 1 saturated carbocycles. The molecule has 1 aromatic rings. The molecule has 1 aliphatic carbocycles. The molecule has 0 radical (unpaired) electrons. The summed E-state index contributed by atoms with van der Waals surface area (Å²) in [7, 11) is 0. The number of hydrogen-bond acceptors (Lipinski definition) is 5. The Morgan fingerprint density at radius 2 is 1.77 bits per heavy atom. The standard InChI is InChI=1S/C21H35N5/c1-2-7-15-25(14-6-1)20-11-13-23-21(24-20)26(19-10-12-22-16-19)17-18-8-4-3-5-9-18/h11,13,18-19,22H,1-10,12,14-17H2. The van der Waals surface area contributed by atoms with E-state index in [0.29, 0.717) is 6.04 Å². The Morgan fingerprint density at radius 3 is 2.50 bits per heavy atom. The Hall–Kier alpha value is -1.36. The molecule has 3 aliphatic rings. The summed E-state index contributed by atoms with van der Waals surface area (Å²) in [6.45, 7) is 5.62. The highest BCUT2D eigenvalue weighted by Gasteiger charge is 2.28. The van der Waals surface area contributed by atoms with E-state index in [1.54, 1.807) is 0 Å². The number of anilines is 2. The summed E-state index contributed by atoms with van der Waals surface area (Å²) >= 11 is 0. The predicted octanol–water partition coefficient (Wildman–Crippen LogP) is 3.61. The van der Waals surface area contributed by atoms with E-state index in [4.69, 9.17) is 9.97 Å². The van der Waals surface area contributed by atoms with Crippen LogP contribution in [0.1, 0.15) is 64.2 Å². The van der Waals surface area contributed by atoms with E-state index >= 15 is 0 Å². The molecule has 5 nitrogen and oxygen atoms in total. The van der Waals surface area contributed by atoms with Gasteiger partial charge in [-0.2, -0.15) is 4.98 Å². The maximum absolute atomic E-state index is 5.06. The molecule has 5 heteroatoms. The van der Waals surface area contributed by atoms with Crippen molar-refractivity contribution in [2.75, 3.05) is 42.5 Å². The summed E-state index contributed by atoms with van der Waals surface area (Å²) in [5, 5.41) is 3.54. The van der Waals surface area contributed by atoms with Crippen LogP contribution < -0.4 is 15.1 Å². The highest BCUT2D eigenvalue weighted by Crippen LogP contribution is 2.28. The lowest BCUT2D eigenvalue weighted by Gasteiger charge is -2.34. The van der Waals surface area contributed by atoms with E-state index in [1.807, 2.05) is 6.20 Å². The number of rotatable bonds is 5. The third kappa shape index (κ3) is 4.48. The van der Waals surface area contributed by atoms with Crippen LogP contribution in [0.5, 0.6) is 0 Å². The smallest absolute Gasteiger partial charge is 0.227 e. The van der Waals surface area contributed by atoms with Crippen molar-refractivity contribution in [3.8, 4) is 0 Å². The van der Waals surface area contributed by atoms with Crippen LogP contribution in [0.25, 0.3) is 0 Å².